The summed E-state index contributed by atoms with van der Waals surface area (Å²) >= 11 is 0. The molecule has 0 fully saturated rings. The Morgan fingerprint density at radius 2 is 1.55 bits per heavy atom. The lowest BCUT2D eigenvalue weighted by molar-refractivity contribution is 0.586. The third kappa shape index (κ3) is 2.16. The highest BCUT2D eigenvalue weighted by Crippen LogP contribution is 2.31. The van der Waals surface area contributed by atoms with Crippen molar-refractivity contribution in [1.82, 2.24) is 15.0 Å². The minimum absolute atomic E-state index is 0.483. The molecule has 20 heavy (non-hydrogen) atoms. The second-order valence-electron chi connectivity index (χ2n) is 4.45. The van der Waals surface area contributed by atoms with Crippen molar-refractivity contribution in [3.8, 4) is 22.3 Å². The number of hydrogen-bond acceptors (Lipinski definition) is 3. The molecule has 3 aromatic heterocycles. The van der Waals surface area contributed by atoms with Gasteiger partial charge in [0.15, 0.2) is 0 Å². The van der Waals surface area contributed by atoms with Crippen molar-refractivity contribution in [1.29, 1.82) is 0 Å². The molecule has 98 valence electrons. The third-order valence-electron chi connectivity index (χ3n) is 3.22. The molecule has 0 aliphatic rings. The second kappa shape index (κ2) is 5.17. The van der Waals surface area contributed by atoms with Gasteiger partial charge in [0.25, 0.3) is 0 Å². The predicted octanol–water partition coefficient (Wildman–Crippen LogP) is 3.65. The zero-order valence-corrected chi connectivity index (χ0v) is 10.9. The van der Waals surface area contributed by atoms with Gasteiger partial charge in [-0.15, -0.1) is 0 Å². The van der Waals surface area contributed by atoms with Gasteiger partial charge in [-0.25, -0.2) is 4.98 Å². The minimum Gasteiger partial charge on any atom is -0.264 e. The molecular formula is C16H12FN3. The normalized spacial score (nSPS) is 10.5. The van der Waals surface area contributed by atoms with E-state index in [1.165, 1.54) is 0 Å². The van der Waals surface area contributed by atoms with Gasteiger partial charge in [0.05, 0.1) is 0 Å². The van der Waals surface area contributed by atoms with Gasteiger partial charge in [-0.2, -0.15) is 4.39 Å². The number of aromatic nitrogens is 3. The summed E-state index contributed by atoms with van der Waals surface area (Å²) in [4.78, 5) is 12.0. The molecule has 3 aromatic rings. The average molecular weight is 265 g/mol. The first-order valence-electron chi connectivity index (χ1n) is 6.23. The maximum atomic E-state index is 14.1. The molecule has 0 N–H and O–H groups in total. The highest BCUT2D eigenvalue weighted by Gasteiger charge is 2.14. The van der Waals surface area contributed by atoms with Crippen LogP contribution in [0.15, 0.2) is 55.2 Å². The first-order chi connectivity index (χ1) is 9.77. The molecule has 3 heterocycles. The first-order valence-corrected chi connectivity index (χ1v) is 6.23. The van der Waals surface area contributed by atoms with Crippen LogP contribution in [0.3, 0.4) is 0 Å². The van der Waals surface area contributed by atoms with Crippen LogP contribution < -0.4 is 0 Å². The fourth-order valence-corrected chi connectivity index (χ4v) is 2.23. The zero-order chi connectivity index (χ0) is 13.9. The molecule has 0 aromatic carbocycles. The molecule has 3 rings (SSSR count). The number of nitrogens with zero attached hydrogens (tertiary/aromatic N) is 3. The van der Waals surface area contributed by atoms with Gasteiger partial charge in [0, 0.05) is 53.2 Å². The van der Waals surface area contributed by atoms with Crippen molar-refractivity contribution in [3.05, 3.63) is 66.8 Å². The molecule has 0 amide bonds. The smallest absolute Gasteiger partial charge is 0.221 e. The summed E-state index contributed by atoms with van der Waals surface area (Å²) in [5.41, 5.74) is 3.83. The standard InChI is InChI=1S/C16H12FN3/c1-11-14(12-4-2-6-18-8-12)10-20-16(17)15(11)13-5-3-7-19-9-13/h2-10H,1H3. The Kier molecular flexibility index (Phi) is 3.21. The summed E-state index contributed by atoms with van der Waals surface area (Å²) in [6.45, 7) is 1.88. The largest absolute Gasteiger partial charge is 0.264 e. The summed E-state index contributed by atoms with van der Waals surface area (Å²) in [7, 11) is 0. The van der Waals surface area contributed by atoms with E-state index in [4.69, 9.17) is 0 Å². The van der Waals surface area contributed by atoms with Crippen LogP contribution >= 0.6 is 0 Å². The van der Waals surface area contributed by atoms with Crippen molar-refractivity contribution in [2.24, 2.45) is 0 Å². The van der Waals surface area contributed by atoms with Crippen LogP contribution in [0.5, 0.6) is 0 Å². The van der Waals surface area contributed by atoms with Crippen LogP contribution in [0.25, 0.3) is 22.3 Å². The molecule has 0 atom stereocenters. The van der Waals surface area contributed by atoms with Crippen LogP contribution in [0.1, 0.15) is 5.56 Å². The molecular weight excluding hydrogens is 253 g/mol. The van der Waals surface area contributed by atoms with Crippen molar-refractivity contribution in [2.45, 2.75) is 6.92 Å². The van der Waals surface area contributed by atoms with E-state index in [-0.39, 0.29) is 0 Å². The minimum atomic E-state index is -0.483. The Morgan fingerprint density at radius 1 is 0.900 bits per heavy atom. The number of hydrogen-bond donors (Lipinski definition) is 0. The molecule has 4 heteroatoms. The van der Waals surface area contributed by atoms with Gasteiger partial charge < -0.3 is 0 Å². The monoisotopic (exact) mass is 265 g/mol. The molecule has 0 saturated heterocycles. The lowest BCUT2D eigenvalue weighted by atomic mass is 9.97. The first kappa shape index (κ1) is 12.4. The van der Waals surface area contributed by atoms with E-state index in [1.807, 2.05) is 25.1 Å². The SMILES string of the molecule is Cc1c(-c2cccnc2)cnc(F)c1-c1cccnc1. The van der Waals surface area contributed by atoms with Crippen LogP contribution in [0, 0.1) is 12.9 Å². The zero-order valence-electron chi connectivity index (χ0n) is 10.9. The van der Waals surface area contributed by atoms with Gasteiger partial charge in [-0.3, -0.25) is 9.97 Å². The molecule has 0 unspecified atom stereocenters. The van der Waals surface area contributed by atoms with Gasteiger partial charge in [0.2, 0.25) is 5.95 Å². The number of halogens is 1. The van der Waals surface area contributed by atoms with Crippen LogP contribution in [0.4, 0.5) is 4.39 Å². The summed E-state index contributed by atoms with van der Waals surface area (Å²) in [5.74, 6) is -0.483. The van der Waals surface area contributed by atoms with Gasteiger partial charge in [-0.05, 0) is 24.6 Å². The maximum Gasteiger partial charge on any atom is 0.221 e. The summed E-state index contributed by atoms with van der Waals surface area (Å²) in [6.07, 6.45) is 8.30. The van der Waals surface area contributed by atoms with Crippen molar-refractivity contribution in [3.63, 3.8) is 0 Å². The summed E-state index contributed by atoms with van der Waals surface area (Å²) < 4.78 is 14.1. The maximum absolute atomic E-state index is 14.1. The highest BCUT2D eigenvalue weighted by molar-refractivity contribution is 5.76. The van der Waals surface area contributed by atoms with Gasteiger partial charge in [-0.1, -0.05) is 12.1 Å². The van der Waals surface area contributed by atoms with Gasteiger partial charge in [0.1, 0.15) is 0 Å². The Bertz CT molecular complexity index is 727. The molecule has 0 aliphatic carbocycles. The summed E-state index contributed by atoms with van der Waals surface area (Å²) in [6, 6.07) is 7.39. The fraction of sp³-hybridized carbons (Fsp3) is 0.0625. The Labute approximate surface area is 116 Å². The van der Waals surface area contributed by atoms with E-state index in [1.54, 1.807) is 37.1 Å². The topological polar surface area (TPSA) is 38.7 Å². The average Bonchev–Trinajstić information content (AvgIpc) is 2.49. The quantitative estimate of drug-likeness (QED) is 0.664. The van der Waals surface area contributed by atoms with E-state index in [2.05, 4.69) is 15.0 Å². The Balaban J connectivity index is 2.22. The number of pyridine rings is 3. The third-order valence-corrected chi connectivity index (χ3v) is 3.22. The molecule has 0 radical (unpaired) electrons. The summed E-state index contributed by atoms with van der Waals surface area (Å²) in [5, 5.41) is 0. The van der Waals surface area contributed by atoms with Crippen LogP contribution in [0.2, 0.25) is 0 Å². The number of rotatable bonds is 2. The lowest BCUT2D eigenvalue weighted by Gasteiger charge is -2.11. The van der Waals surface area contributed by atoms with Gasteiger partial charge >= 0.3 is 0 Å². The Hall–Kier alpha value is -2.62. The van der Waals surface area contributed by atoms with E-state index in [0.29, 0.717) is 5.56 Å². The molecule has 0 bridgehead atoms. The van der Waals surface area contributed by atoms with Crippen LogP contribution in [-0.2, 0) is 0 Å². The second-order valence-corrected chi connectivity index (χ2v) is 4.45. The van der Waals surface area contributed by atoms with Crippen molar-refractivity contribution >= 4 is 0 Å². The molecule has 0 aliphatic heterocycles. The van der Waals surface area contributed by atoms with E-state index >= 15 is 0 Å². The predicted molar refractivity (Wildman–Crippen MR) is 75.4 cm³/mol. The fourth-order valence-electron chi connectivity index (χ4n) is 2.23. The highest BCUT2D eigenvalue weighted by atomic mass is 19.1. The molecule has 0 spiro atoms. The van der Waals surface area contributed by atoms with E-state index < -0.39 is 5.95 Å². The Morgan fingerprint density at radius 3 is 2.15 bits per heavy atom. The lowest BCUT2D eigenvalue weighted by Crippen LogP contribution is -1.96. The van der Waals surface area contributed by atoms with E-state index in [0.717, 1.165) is 22.3 Å². The molecule has 0 saturated carbocycles. The van der Waals surface area contributed by atoms with E-state index in [9.17, 15) is 4.39 Å². The molecule has 3 nitrogen and oxygen atoms in total. The van der Waals surface area contributed by atoms with Crippen molar-refractivity contribution in [2.75, 3.05) is 0 Å². The van der Waals surface area contributed by atoms with Crippen molar-refractivity contribution < 1.29 is 4.39 Å². The van der Waals surface area contributed by atoms with Crippen LogP contribution in [-0.4, -0.2) is 15.0 Å².